The van der Waals surface area contributed by atoms with Crippen molar-refractivity contribution in [1.29, 1.82) is 0 Å². The summed E-state index contributed by atoms with van der Waals surface area (Å²) < 4.78 is 0. The van der Waals surface area contributed by atoms with E-state index in [9.17, 15) is 0 Å². The number of rotatable bonds is 6. The lowest BCUT2D eigenvalue weighted by Gasteiger charge is -2.08. The third-order valence-corrected chi connectivity index (χ3v) is 3.40. The summed E-state index contributed by atoms with van der Waals surface area (Å²) in [5.74, 6) is 0.785. The molecule has 0 aliphatic rings. The normalized spacial score (nSPS) is 13.1. The summed E-state index contributed by atoms with van der Waals surface area (Å²) in [7, 11) is 0. The number of hydrogen-bond acceptors (Lipinski definition) is 3. The molecule has 1 atom stereocenters. The molecule has 0 amide bonds. The van der Waals surface area contributed by atoms with Crippen LogP contribution in [0.2, 0.25) is 0 Å². The fraction of sp³-hybridized carbons (Fsp3) is 0.727. The van der Waals surface area contributed by atoms with E-state index in [-0.39, 0.29) is 0 Å². The molecule has 0 aliphatic heterocycles. The number of nitrogens with one attached hydrogen (secondary N) is 1. The van der Waals surface area contributed by atoms with E-state index >= 15 is 0 Å². The van der Waals surface area contributed by atoms with Crippen LogP contribution in [0.5, 0.6) is 0 Å². The van der Waals surface area contributed by atoms with E-state index in [2.05, 4.69) is 29.5 Å². The van der Waals surface area contributed by atoms with Crippen LogP contribution in [0.1, 0.15) is 31.0 Å². The fourth-order valence-electron chi connectivity index (χ4n) is 1.21. The average molecular weight is 212 g/mol. The Labute approximate surface area is 90.8 Å². The van der Waals surface area contributed by atoms with Gasteiger partial charge in [-0.05, 0) is 19.4 Å². The molecular weight excluding hydrogens is 192 g/mol. The third-order valence-electron chi connectivity index (χ3n) is 2.37. The van der Waals surface area contributed by atoms with Gasteiger partial charge in [0.05, 0.1) is 5.01 Å². The summed E-state index contributed by atoms with van der Waals surface area (Å²) in [6.45, 7) is 8.74. The van der Waals surface area contributed by atoms with E-state index in [1.54, 1.807) is 11.3 Å². The molecule has 14 heavy (non-hydrogen) atoms. The molecule has 0 saturated heterocycles. The van der Waals surface area contributed by atoms with Gasteiger partial charge in [0, 0.05) is 24.0 Å². The number of thiazole rings is 1. The van der Waals surface area contributed by atoms with Gasteiger partial charge in [0.25, 0.3) is 0 Å². The Morgan fingerprint density at radius 3 is 2.93 bits per heavy atom. The van der Waals surface area contributed by atoms with Gasteiger partial charge >= 0.3 is 0 Å². The van der Waals surface area contributed by atoms with E-state index in [0.29, 0.717) is 0 Å². The van der Waals surface area contributed by atoms with Gasteiger partial charge in [-0.1, -0.05) is 20.3 Å². The Bertz CT molecular complexity index is 258. The molecule has 0 aliphatic carbocycles. The minimum atomic E-state index is 0.785. The Kier molecular flexibility index (Phi) is 5.12. The van der Waals surface area contributed by atoms with Crippen LogP contribution in [0.3, 0.4) is 0 Å². The molecule has 1 unspecified atom stereocenters. The summed E-state index contributed by atoms with van der Waals surface area (Å²) in [5.41, 5.74) is 1.15. The van der Waals surface area contributed by atoms with Crippen molar-refractivity contribution in [3.8, 4) is 0 Å². The van der Waals surface area contributed by atoms with Gasteiger partial charge in [-0.25, -0.2) is 4.98 Å². The first-order chi connectivity index (χ1) is 6.72. The molecule has 1 heterocycles. The molecule has 80 valence electrons. The number of aromatic nitrogens is 1. The molecule has 1 aromatic heterocycles. The third kappa shape index (κ3) is 4.20. The van der Waals surface area contributed by atoms with Crippen LogP contribution in [-0.4, -0.2) is 18.1 Å². The van der Waals surface area contributed by atoms with E-state index < -0.39 is 0 Å². The number of hydrogen-bond donors (Lipinski definition) is 1. The summed E-state index contributed by atoms with van der Waals surface area (Å²) in [5, 5.41) is 6.82. The predicted octanol–water partition coefficient (Wildman–Crippen LogP) is 2.63. The first-order valence-corrected chi connectivity index (χ1v) is 6.22. The number of nitrogens with zero attached hydrogens (tertiary/aromatic N) is 1. The van der Waals surface area contributed by atoms with Gasteiger partial charge in [-0.15, -0.1) is 11.3 Å². The Morgan fingerprint density at radius 2 is 2.36 bits per heavy atom. The lowest BCUT2D eigenvalue weighted by Crippen LogP contribution is -2.23. The SMILES string of the molecule is CCC(C)CNCCc1nc(C)cs1. The van der Waals surface area contributed by atoms with Crippen molar-refractivity contribution >= 4 is 11.3 Å². The number of aryl methyl sites for hydroxylation is 1. The van der Waals surface area contributed by atoms with Crippen molar-refractivity contribution in [3.05, 3.63) is 16.1 Å². The van der Waals surface area contributed by atoms with Crippen molar-refractivity contribution in [2.24, 2.45) is 5.92 Å². The summed E-state index contributed by atoms with van der Waals surface area (Å²) in [4.78, 5) is 4.43. The molecule has 2 nitrogen and oxygen atoms in total. The monoisotopic (exact) mass is 212 g/mol. The second-order valence-electron chi connectivity index (χ2n) is 3.85. The molecule has 1 aromatic rings. The van der Waals surface area contributed by atoms with Crippen molar-refractivity contribution in [1.82, 2.24) is 10.3 Å². The van der Waals surface area contributed by atoms with E-state index in [1.165, 1.54) is 11.4 Å². The zero-order chi connectivity index (χ0) is 10.4. The summed E-state index contributed by atoms with van der Waals surface area (Å²) >= 11 is 1.76. The minimum absolute atomic E-state index is 0.785. The Morgan fingerprint density at radius 1 is 1.57 bits per heavy atom. The van der Waals surface area contributed by atoms with Crippen LogP contribution in [-0.2, 0) is 6.42 Å². The molecule has 0 saturated carbocycles. The van der Waals surface area contributed by atoms with Crippen LogP contribution in [0.25, 0.3) is 0 Å². The molecular formula is C11H20N2S. The zero-order valence-corrected chi connectivity index (χ0v) is 10.2. The van der Waals surface area contributed by atoms with Gasteiger partial charge in [-0.3, -0.25) is 0 Å². The van der Waals surface area contributed by atoms with Gasteiger partial charge in [0.15, 0.2) is 0 Å². The first-order valence-electron chi connectivity index (χ1n) is 5.34. The van der Waals surface area contributed by atoms with Crippen LogP contribution in [0, 0.1) is 12.8 Å². The van der Waals surface area contributed by atoms with Crippen LogP contribution < -0.4 is 5.32 Å². The van der Waals surface area contributed by atoms with Crippen molar-refractivity contribution in [3.63, 3.8) is 0 Å². The Balaban J connectivity index is 2.10. The van der Waals surface area contributed by atoms with E-state index in [0.717, 1.165) is 31.1 Å². The van der Waals surface area contributed by atoms with E-state index in [4.69, 9.17) is 0 Å². The average Bonchev–Trinajstić information content (AvgIpc) is 2.58. The highest BCUT2D eigenvalue weighted by Gasteiger charge is 2.00. The van der Waals surface area contributed by atoms with Gasteiger partial charge in [0.1, 0.15) is 0 Å². The van der Waals surface area contributed by atoms with Crippen LogP contribution in [0.15, 0.2) is 5.38 Å². The molecule has 0 aromatic carbocycles. The van der Waals surface area contributed by atoms with Gasteiger partial charge < -0.3 is 5.32 Å². The molecule has 1 rings (SSSR count). The second-order valence-corrected chi connectivity index (χ2v) is 4.79. The van der Waals surface area contributed by atoms with Crippen molar-refractivity contribution in [2.75, 3.05) is 13.1 Å². The largest absolute Gasteiger partial charge is 0.316 e. The van der Waals surface area contributed by atoms with Crippen LogP contribution >= 0.6 is 11.3 Å². The molecule has 0 spiro atoms. The molecule has 0 bridgehead atoms. The molecule has 0 radical (unpaired) electrons. The quantitative estimate of drug-likeness (QED) is 0.733. The second kappa shape index (κ2) is 6.14. The van der Waals surface area contributed by atoms with E-state index in [1.807, 2.05) is 6.92 Å². The first kappa shape index (κ1) is 11.7. The van der Waals surface area contributed by atoms with Crippen molar-refractivity contribution < 1.29 is 0 Å². The molecule has 0 fully saturated rings. The summed E-state index contributed by atoms with van der Waals surface area (Å²) in [6.07, 6.45) is 2.32. The topological polar surface area (TPSA) is 24.9 Å². The standard InChI is InChI=1S/C11H20N2S/c1-4-9(2)7-12-6-5-11-13-10(3)8-14-11/h8-9,12H,4-7H2,1-3H3. The predicted molar refractivity (Wildman–Crippen MR) is 62.9 cm³/mol. The summed E-state index contributed by atoms with van der Waals surface area (Å²) in [6, 6.07) is 0. The lowest BCUT2D eigenvalue weighted by molar-refractivity contribution is 0.502. The highest BCUT2D eigenvalue weighted by molar-refractivity contribution is 7.09. The Hall–Kier alpha value is -0.410. The van der Waals surface area contributed by atoms with Crippen molar-refractivity contribution in [2.45, 2.75) is 33.6 Å². The molecule has 1 N–H and O–H groups in total. The lowest BCUT2D eigenvalue weighted by atomic mass is 10.1. The van der Waals surface area contributed by atoms with Crippen LogP contribution in [0.4, 0.5) is 0 Å². The fourth-order valence-corrected chi connectivity index (χ4v) is 1.98. The minimum Gasteiger partial charge on any atom is -0.316 e. The zero-order valence-electron chi connectivity index (χ0n) is 9.34. The molecule has 3 heteroatoms. The smallest absolute Gasteiger partial charge is 0.0940 e. The van der Waals surface area contributed by atoms with Gasteiger partial charge in [0.2, 0.25) is 0 Å². The highest BCUT2D eigenvalue weighted by atomic mass is 32.1. The maximum Gasteiger partial charge on any atom is 0.0940 e. The van der Waals surface area contributed by atoms with Gasteiger partial charge in [-0.2, -0.15) is 0 Å². The maximum absolute atomic E-state index is 4.43. The highest BCUT2D eigenvalue weighted by Crippen LogP contribution is 2.08. The maximum atomic E-state index is 4.43.